The molecule has 1 aliphatic rings. The Morgan fingerprint density at radius 2 is 2.04 bits per heavy atom. The van der Waals surface area contributed by atoms with E-state index in [1.54, 1.807) is 24.0 Å². The Kier molecular flexibility index (Phi) is 5.38. The maximum Gasteiger partial charge on any atom is 0.338 e. The van der Waals surface area contributed by atoms with Gasteiger partial charge in [-0.25, -0.2) is 9.59 Å². The van der Waals surface area contributed by atoms with Gasteiger partial charge in [0.15, 0.2) is 0 Å². The van der Waals surface area contributed by atoms with E-state index in [-0.39, 0.29) is 30.1 Å². The van der Waals surface area contributed by atoms with Gasteiger partial charge in [-0.3, -0.25) is 19.5 Å². The van der Waals surface area contributed by atoms with Gasteiger partial charge in [0, 0.05) is 18.3 Å². The molecule has 2 amide bonds. The molecule has 2 aromatic rings. The van der Waals surface area contributed by atoms with Gasteiger partial charge in [0.2, 0.25) is 0 Å². The van der Waals surface area contributed by atoms with E-state index in [4.69, 9.17) is 4.74 Å². The van der Waals surface area contributed by atoms with Gasteiger partial charge < -0.3 is 15.4 Å². The molecule has 0 spiro atoms. The summed E-state index contributed by atoms with van der Waals surface area (Å²) in [5.74, 6) is -0.610. The highest BCUT2D eigenvalue weighted by atomic mass is 16.6. The third-order valence-electron chi connectivity index (χ3n) is 4.11. The average molecular weight is 389 g/mol. The molecule has 0 bridgehead atoms. The van der Waals surface area contributed by atoms with Crippen LogP contribution in [0.4, 0.5) is 10.5 Å². The number of aryl methyl sites for hydroxylation is 1. The Balaban J connectivity index is 2.02. The van der Waals surface area contributed by atoms with E-state index in [1.807, 2.05) is 6.92 Å². The van der Waals surface area contributed by atoms with Gasteiger partial charge in [-0.05, 0) is 13.8 Å². The van der Waals surface area contributed by atoms with E-state index in [0.29, 0.717) is 12.1 Å². The number of allylic oxidation sites excluding steroid dienone is 1. The van der Waals surface area contributed by atoms with Crippen molar-refractivity contribution in [3.63, 3.8) is 0 Å². The molecule has 28 heavy (non-hydrogen) atoms. The third kappa shape index (κ3) is 3.84. The van der Waals surface area contributed by atoms with Crippen LogP contribution in [-0.2, 0) is 22.6 Å². The fourth-order valence-electron chi connectivity index (χ4n) is 2.84. The second kappa shape index (κ2) is 7.90. The lowest BCUT2D eigenvalue weighted by Crippen LogP contribution is -2.46. The van der Waals surface area contributed by atoms with Gasteiger partial charge in [-0.2, -0.15) is 10.2 Å². The molecule has 0 saturated carbocycles. The summed E-state index contributed by atoms with van der Waals surface area (Å²) in [6.07, 6.45) is 5.60. The number of hydrogen-bond acceptors (Lipinski definition) is 7. The SMILES string of the molecule is CCOC(=O)C1=C(Cn2cc([N+](=O)[O-])cn2)NC(=O)N[C@@H]1c1cnn(CC)c1. The maximum atomic E-state index is 12.6. The molecule has 0 aromatic carbocycles. The van der Waals surface area contributed by atoms with E-state index in [1.165, 1.54) is 10.9 Å². The van der Waals surface area contributed by atoms with Crippen molar-refractivity contribution < 1.29 is 19.2 Å². The molecule has 148 valence electrons. The van der Waals surface area contributed by atoms with E-state index in [9.17, 15) is 19.7 Å². The summed E-state index contributed by atoms with van der Waals surface area (Å²) in [5.41, 5.74) is 0.854. The Labute approximate surface area is 159 Å². The zero-order valence-electron chi connectivity index (χ0n) is 15.3. The average Bonchev–Trinajstić information content (AvgIpc) is 3.30. The van der Waals surface area contributed by atoms with Crippen molar-refractivity contribution in [2.45, 2.75) is 33.0 Å². The molecule has 0 fully saturated rings. The summed E-state index contributed by atoms with van der Waals surface area (Å²) < 4.78 is 8.10. The monoisotopic (exact) mass is 389 g/mol. The Morgan fingerprint density at radius 1 is 1.29 bits per heavy atom. The zero-order valence-corrected chi connectivity index (χ0v) is 15.3. The summed E-state index contributed by atoms with van der Waals surface area (Å²) in [6, 6.07) is -1.28. The predicted molar refractivity (Wildman–Crippen MR) is 94.8 cm³/mol. The Bertz CT molecular complexity index is 945. The number of hydrogen-bond donors (Lipinski definition) is 2. The van der Waals surface area contributed by atoms with Crippen LogP contribution in [0.15, 0.2) is 36.1 Å². The van der Waals surface area contributed by atoms with Crippen LogP contribution in [0.2, 0.25) is 0 Å². The van der Waals surface area contributed by atoms with Gasteiger partial charge in [-0.15, -0.1) is 0 Å². The molecule has 0 unspecified atom stereocenters. The van der Waals surface area contributed by atoms with Gasteiger partial charge in [-0.1, -0.05) is 0 Å². The highest BCUT2D eigenvalue weighted by molar-refractivity contribution is 5.95. The number of nitrogens with one attached hydrogen (secondary N) is 2. The van der Waals surface area contributed by atoms with Crippen LogP contribution in [-0.4, -0.2) is 43.1 Å². The summed E-state index contributed by atoms with van der Waals surface area (Å²) in [5, 5.41) is 24.2. The number of carbonyl (C=O) groups excluding carboxylic acids is 2. The smallest absolute Gasteiger partial charge is 0.338 e. The third-order valence-corrected chi connectivity index (χ3v) is 4.11. The number of aromatic nitrogens is 4. The molecule has 0 aliphatic carbocycles. The van der Waals surface area contributed by atoms with Crippen molar-refractivity contribution in [2.24, 2.45) is 0 Å². The van der Waals surface area contributed by atoms with Crippen LogP contribution >= 0.6 is 0 Å². The number of rotatable bonds is 7. The molecule has 2 N–H and O–H groups in total. The predicted octanol–water partition coefficient (Wildman–Crippen LogP) is 0.879. The molecule has 0 saturated heterocycles. The summed E-state index contributed by atoms with van der Waals surface area (Å²) in [6.45, 7) is 4.32. The van der Waals surface area contributed by atoms with Crippen LogP contribution < -0.4 is 10.6 Å². The van der Waals surface area contributed by atoms with Crippen molar-refractivity contribution >= 4 is 17.7 Å². The van der Waals surface area contributed by atoms with Crippen LogP contribution in [0.25, 0.3) is 0 Å². The molecule has 12 nitrogen and oxygen atoms in total. The maximum absolute atomic E-state index is 12.6. The van der Waals surface area contributed by atoms with Crippen LogP contribution in [0, 0.1) is 10.1 Å². The van der Waals surface area contributed by atoms with E-state index in [2.05, 4.69) is 20.8 Å². The van der Waals surface area contributed by atoms with Crippen molar-refractivity contribution in [1.29, 1.82) is 0 Å². The number of carbonyl (C=O) groups is 2. The topological polar surface area (TPSA) is 146 Å². The van der Waals surface area contributed by atoms with Crippen molar-refractivity contribution in [3.8, 4) is 0 Å². The second-order valence-corrected chi connectivity index (χ2v) is 5.93. The van der Waals surface area contributed by atoms with Gasteiger partial charge in [0.25, 0.3) is 0 Å². The molecule has 1 atom stereocenters. The van der Waals surface area contributed by atoms with Crippen LogP contribution in [0.3, 0.4) is 0 Å². The van der Waals surface area contributed by atoms with E-state index >= 15 is 0 Å². The van der Waals surface area contributed by atoms with Gasteiger partial charge >= 0.3 is 17.7 Å². The number of nitrogens with zero attached hydrogens (tertiary/aromatic N) is 5. The number of ether oxygens (including phenoxy) is 1. The number of esters is 1. The van der Waals surface area contributed by atoms with Crippen molar-refractivity contribution in [3.05, 3.63) is 51.7 Å². The standard InChI is InChI=1S/C16H19N7O5/c1-3-21-7-10(5-17-21)14-13(15(24)28-4-2)12(19-16(25)20-14)9-22-8-11(6-18-22)23(26)27/h5-8,14H,3-4,9H2,1-2H3,(H2,19,20,25)/t14-/m1/s1. The van der Waals surface area contributed by atoms with Gasteiger partial charge in [0.05, 0.1) is 41.6 Å². The normalized spacial score (nSPS) is 16.5. The first-order valence-electron chi connectivity index (χ1n) is 8.59. The Hall–Kier alpha value is -3.70. The molecular weight excluding hydrogens is 370 g/mol. The number of nitro groups is 1. The van der Waals surface area contributed by atoms with Crippen LogP contribution in [0.1, 0.15) is 25.5 Å². The summed E-state index contributed by atoms with van der Waals surface area (Å²) >= 11 is 0. The molecular formula is C16H19N7O5. The lowest BCUT2D eigenvalue weighted by atomic mass is 9.97. The molecule has 2 aromatic heterocycles. The molecule has 12 heteroatoms. The highest BCUT2D eigenvalue weighted by Gasteiger charge is 2.34. The minimum atomic E-state index is -0.770. The fourth-order valence-corrected chi connectivity index (χ4v) is 2.84. The quantitative estimate of drug-likeness (QED) is 0.406. The fraction of sp³-hybridized carbons (Fsp3) is 0.375. The number of amides is 2. The molecule has 3 rings (SSSR count). The lowest BCUT2D eigenvalue weighted by molar-refractivity contribution is -0.385. The van der Waals surface area contributed by atoms with Crippen molar-refractivity contribution in [1.82, 2.24) is 30.2 Å². The largest absolute Gasteiger partial charge is 0.463 e. The Morgan fingerprint density at radius 3 is 2.64 bits per heavy atom. The summed E-state index contributed by atoms with van der Waals surface area (Å²) in [7, 11) is 0. The van der Waals surface area contributed by atoms with E-state index in [0.717, 1.165) is 6.20 Å². The highest BCUT2D eigenvalue weighted by Crippen LogP contribution is 2.28. The zero-order chi connectivity index (χ0) is 20.3. The molecule has 3 heterocycles. The van der Waals surface area contributed by atoms with Crippen LogP contribution in [0.5, 0.6) is 0 Å². The van der Waals surface area contributed by atoms with Gasteiger partial charge in [0.1, 0.15) is 12.4 Å². The molecule has 0 radical (unpaired) electrons. The minimum Gasteiger partial charge on any atom is -0.463 e. The molecule has 1 aliphatic heterocycles. The number of urea groups is 1. The first-order chi connectivity index (χ1) is 13.4. The second-order valence-electron chi connectivity index (χ2n) is 5.93. The lowest BCUT2D eigenvalue weighted by Gasteiger charge is -2.28. The summed E-state index contributed by atoms with van der Waals surface area (Å²) in [4.78, 5) is 35.1. The van der Waals surface area contributed by atoms with E-state index < -0.39 is 23.0 Å². The first-order valence-corrected chi connectivity index (χ1v) is 8.59. The minimum absolute atomic E-state index is 0.0478. The van der Waals surface area contributed by atoms with Crippen molar-refractivity contribution in [2.75, 3.05) is 6.61 Å². The first kappa shape index (κ1) is 19.1.